The van der Waals surface area contributed by atoms with Crippen LogP contribution in [0.3, 0.4) is 0 Å². The molecule has 2 amide bonds. The second kappa shape index (κ2) is 10.4. The highest BCUT2D eigenvalue weighted by Crippen LogP contribution is 2.41. The minimum Gasteiger partial charge on any atom is -0.337 e. The molecule has 0 aromatic carbocycles. The lowest BCUT2D eigenvalue weighted by molar-refractivity contribution is 0.127. The largest absolute Gasteiger partial charge is 0.337 e. The van der Waals surface area contributed by atoms with Gasteiger partial charge < -0.3 is 5.32 Å². The van der Waals surface area contributed by atoms with Crippen LogP contribution in [0.5, 0.6) is 0 Å². The van der Waals surface area contributed by atoms with E-state index in [0.29, 0.717) is 6.54 Å². The number of anilines is 1. The number of thiophene rings is 1. The lowest BCUT2D eigenvalue weighted by Crippen LogP contribution is -2.45. The van der Waals surface area contributed by atoms with E-state index in [-0.39, 0.29) is 27.9 Å². The van der Waals surface area contributed by atoms with Gasteiger partial charge in [0.2, 0.25) is 0 Å². The number of nitrogens with one attached hydrogen (secondary N) is 2. The first-order valence-corrected chi connectivity index (χ1v) is 12.6. The van der Waals surface area contributed by atoms with Gasteiger partial charge in [-0.15, -0.1) is 11.3 Å². The van der Waals surface area contributed by atoms with Gasteiger partial charge >= 0.3 is 6.03 Å². The minimum atomic E-state index is -0.461. The molecule has 186 valence electrons. The third kappa shape index (κ3) is 6.21. The molecule has 1 aliphatic rings. The smallest absolute Gasteiger partial charge is 0.320 e. The lowest BCUT2D eigenvalue weighted by atomic mass is 9.81. The van der Waals surface area contributed by atoms with Gasteiger partial charge in [-0.2, -0.15) is 4.39 Å². The fourth-order valence-electron chi connectivity index (χ4n) is 4.61. The molecular weight excluding hydrogens is 468 g/mol. The van der Waals surface area contributed by atoms with E-state index in [4.69, 9.17) is 0 Å². The van der Waals surface area contributed by atoms with Crippen LogP contribution >= 0.6 is 11.3 Å². The third-order valence-electron chi connectivity index (χ3n) is 6.97. The van der Waals surface area contributed by atoms with Crippen molar-refractivity contribution in [2.24, 2.45) is 5.41 Å². The summed E-state index contributed by atoms with van der Waals surface area (Å²) in [5, 5.41) is 5.48. The predicted molar refractivity (Wildman–Crippen MR) is 134 cm³/mol. The molecule has 0 aliphatic carbocycles. The molecule has 1 saturated heterocycles. The number of likely N-dealkylation sites (tertiary alicyclic amines) is 1. The molecule has 0 saturated carbocycles. The summed E-state index contributed by atoms with van der Waals surface area (Å²) in [5.41, 5.74) is 1.72. The Kier molecular flexibility index (Phi) is 7.47. The number of carbonyl (C=O) groups is 1. The van der Waals surface area contributed by atoms with Gasteiger partial charge in [0.1, 0.15) is 11.6 Å². The summed E-state index contributed by atoms with van der Waals surface area (Å²) in [6, 6.07) is 9.78. The van der Waals surface area contributed by atoms with Crippen molar-refractivity contribution in [2.75, 3.05) is 25.0 Å². The van der Waals surface area contributed by atoms with E-state index in [1.54, 1.807) is 0 Å². The molecule has 6 nitrogen and oxygen atoms in total. The Morgan fingerprint density at radius 1 is 1.14 bits per heavy atom. The number of aromatic nitrogens is 2. The molecule has 3 aromatic heterocycles. The van der Waals surface area contributed by atoms with E-state index in [1.165, 1.54) is 29.5 Å². The summed E-state index contributed by atoms with van der Waals surface area (Å²) < 4.78 is 26.7. The van der Waals surface area contributed by atoms with Gasteiger partial charge in [0, 0.05) is 40.8 Å². The number of urea groups is 1. The van der Waals surface area contributed by atoms with Crippen molar-refractivity contribution >= 4 is 23.2 Å². The van der Waals surface area contributed by atoms with Gasteiger partial charge in [-0.3, -0.25) is 15.2 Å². The molecule has 4 heterocycles. The predicted octanol–water partition coefficient (Wildman–Crippen LogP) is 5.51. The first-order valence-electron chi connectivity index (χ1n) is 11.7. The van der Waals surface area contributed by atoms with E-state index >= 15 is 0 Å². The number of pyridine rings is 2. The maximum atomic E-state index is 13.6. The molecule has 0 spiro atoms. The van der Waals surface area contributed by atoms with Crippen LogP contribution in [-0.4, -0.2) is 40.5 Å². The van der Waals surface area contributed by atoms with Crippen LogP contribution in [0.1, 0.15) is 42.8 Å². The highest BCUT2D eigenvalue weighted by Gasteiger charge is 2.43. The van der Waals surface area contributed by atoms with Gasteiger partial charge in [-0.1, -0.05) is 6.07 Å². The zero-order chi connectivity index (χ0) is 25.1. The number of rotatable bonds is 8. The van der Waals surface area contributed by atoms with Crippen molar-refractivity contribution in [2.45, 2.75) is 45.6 Å². The normalized spacial score (nSPS) is 18.5. The van der Waals surface area contributed by atoms with Crippen LogP contribution in [0.2, 0.25) is 0 Å². The van der Waals surface area contributed by atoms with Crippen molar-refractivity contribution in [3.05, 3.63) is 75.9 Å². The number of aryl methyl sites for hydroxylation is 2. The molecule has 1 aliphatic heterocycles. The van der Waals surface area contributed by atoms with Crippen molar-refractivity contribution < 1.29 is 13.6 Å². The highest BCUT2D eigenvalue weighted by molar-refractivity contribution is 7.10. The first kappa shape index (κ1) is 25.2. The van der Waals surface area contributed by atoms with Crippen LogP contribution in [0.25, 0.3) is 0 Å². The maximum Gasteiger partial charge on any atom is 0.320 e. The molecule has 3 aromatic rings. The maximum absolute atomic E-state index is 13.6. The average molecular weight is 500 g/mol. The SMILES string of the molecule is Cc1ccc(C(C)(C)N2CC[C@@](CCc3ccc(F)s3)(CNC(=O)Nc3ccc(F)cn3)C2)cn1. The van der Waals surface area contributed by atoms with Gasteiger partial charge in [0.25, 0.3) is 0 Å². The number of amides is 2. The van der Waals surface area contributed by atoms with E-state index in [1.807, 2.05) is 25.3 Å². The molecule has 4 rings (SSSR count). The van der Waals surface area contributed by atoms with Crippen LogP contribution in [-0.2, 0) is 12.0 Å². The average Bonchev–Trinajstić information content (AvgIpc) is 3.45. The zero-order valence-electron chi connectivity index (χ0n) is 20.3. The van der Waals surface area contributed by atoms with E-state index < -0.39 is 5.82 Å². The van der Waals surface area contributed by atoms with Crippen molar-refractivity contribution in [1.29, 1.82) is 0 Å². The topological polar surface area (TPSA) is 70.2 Å². The van der Waals surface area contributed by atoms with Crippen molar-refractivity contribution in [3.63, 3.8) is 0 Å². The number of nitrogens with zero attached hydrogens (tertiary/aromatic N) is 3. The van der Waals surface area contributed by atoms with Crippen molar-refractivity contribution in [3.8, 4) is 0 Å². The number of hydrogen-bond acceptors (Lipinski definition) is 5. The monoisotopic (exact) mass is 499 g/mol. The third-order valence-corrected chi connectivity index (χ3v) is 7.90. The summed E-state index contributed by atoms with van der Waals surface area (Å²) >= 11 is 1.17. The highest BCUT2D eigenvalue weighted by atomic mass is 32.1. The van der Waals surface area contributed by atoms with Crippen LogP contribution in [0.4, 0.5) is 19.4 Å². The quantitative estimate of drug-likeness (QED) is 0.429. The summed E-state index contributed by atoms with van der Waals surface area (Å²) in [7, 11) is 0. The number of carbonyl (C=O) groups excluding carboxylic acids is 1. The Morgan fingerprint density at radius 3 is 2.63 bits per heavy atom. The second-order valence-corrected chi connectivity index (χ2v) is 10.9. The Balaban J connectivity index is 1.46. The molecule has 0 radical (unpaired) electrons. The minimum absolute atomic E-state index is 0.177. The van der Waals surface area contributed by atoms with Gasteiger partial charge in [-0.25, -0.2) is 14.2 Å². The summed E-state index contributed by atoms with van der Waals surface area (Å²) in [6.45, 7) is 8.50. The fourth-order valence-corrected chi connectivity index (χ4v) is 5.34. The van der Waals surface area contributed by atoms with Crippen LogP contribution in [0, 0.1) is 23.3 Å². The first-order chi connectivity index (χ1) is 16.6. The Bertz CT molecular complexity index is 1150. The molecule has 35 heavy (non-hydrogen) atoms. The second-order valence-electron chi connectivity index (χ2n) is 9.79. The number of hydrogen-bond donors (Lipinski definition) is 2. The summed E-state index contributed by atoms with van der Waals surface area (Å²) in [6.07, 6.45) is 5.47. The van der Waals surface area contributed by atoms with E-state index in [0.717, 1.165) is 54.7 Å². The Labute approximate surface area is 208 Å². The molecule has 9 heteroatoms. The van der Waals surface area contributed by atoms with E-state index in [2.05, 4.69) is 45.4 Å². The number of halogens is 2. The van der Waals surface area contributed by atoms with Gasteiger partial charge in [0.15, 0.2) is 5.13 Å². The Hall–Kier alpha value is -2.91. The lowest BCUT2D eigenvalue weighted by Gasteiger charge is -2.38. The molecule has 2 N–H and O–H groups in total. The molecule has 1 fully saturated rings. The van der Waals surface area contributed by atoms with Crippen LogP contribution in [0.15, 0.2) is 48.8 Å². The van der Waals surface area contributed by atoms with Crippen molar-refractivity contribution in [1.82, 2.24) is 20.2 Å². The van der Waals surface area contributed by atoms with Gasteiger partial charge in [0.05, 0.1) is 6.20 Å². The summed E-state index contributed by atoms with van der Waals surface area (Å²) in [4.78, 5) is 24.4. The Morgan fingerprint density at radius 2 is 1.97 bits per heavy atom. The molecule has 1 atom stereocenters. The fraction of sp³-hybridized carbons (Fsp3) is 0.423. The molecular formula is C26H31F2N5OS. The van der Waals surface area contributed by atoms with Crippen LogP contribution < -0.4 is 10.6 Å². The molecule has 0 bridgehead atoms. The van der Waals surface area contributed by atoms with Gasteiger partial charge in [-0.05, 0) is 82.5 Å². The standard InChI is InChI=1S/C26H31F2N5OS/c1-18-4-5-19(14-29-18)25(2,3)33-13-12-26(17-33,11-10-21-7-8-22(28)35-21)16-31-24(34)32-23-9-6-20(27)15-30-23/h4-9,14-15H,10-13,16-17H2,1-3H3,(H2,30,31,32,34)/t26-/m0/s1. The zero-order valence-corrected chi connectivity index (χ0v) is 21.1. The summed E-state index contributed by atoms with van der Waals surface area (Å²) in [5.74, 6) is -0.176. The molecule has 0 unspecified atom stereocenters. The van der Waals surface area contributed by atoms with E-state index in [9.17, 15) is 13.6 Å².